The normalized spacial score (nSPS) is 40.3. The number of carbonyl (C=O) groups is 2. The van der Waals surface area contributed by atoms with Gasteiger partial charge in [0.15, 0.2) is 11.5 Å². The number of ketones is 1. The van der Waals surface area contributed by atoms with E-state index in [1.165, 1.54) is 12.7 Å². The average molecular weight is 362 g/mol. The monoisotopic (exact) mass is 362 g/mol. The summed E-state index contributed by atoms with van der Waals surface area (Å²) in [4.78, 5) is 25.1. The number of aliphatic hydroxyl groups is 1. The molecule has 0 spiro atoms. The summed E-state index contributed by atoms with van der Waals surface area (Å²) in [6, 6.07) is 0. The molecule has 0 unspecified atom stereocenters. The van der Waals surface area contributed by atoms with Crippen LogP contribution in [0.5, 0.6) is 0 Å². The van der Waals surface area contributed by atoms with Crippen LogP contribution < -0.4 is 0 Å². The van der Waals surface area contributed by atoms with Gasteiger partial charge in [-0.15, -0.1) is 0 Å². The second-order valence-corrected chi connectivity index (χ2v) is 8.71. The van der Waals surface area contributed by atoms with Gasteiger partial charge in [0, 0.05) is 6.42 Å². The number of aliphatic hydroxyl groups excluding tert-OH is 1. The van der Waals surface area contributed by atoms with Gasteiger partial charge in [-0.2, -0.15) is 0 Å². The molecular formula is C21H30O5. The molecule has 1 heterocycles. The van der Waals surface area contributed by atoms with Crippen molar-refractivity contribution in [2.75, 3.05) is 7.11 Å². The minimum Gasteiger partial charge on any atom is -0.494 e. The maximum Gasteiger partial charge on any atom is 0.348 e. The van der Waals surface area contributed by atoms with Gasteiger partial charge in [-0.1, -0.05) is 32.9 Å². The van der Waals surface area contributed by atoms with Crippen molar-refractivity contribution in [1.82, 2.24) is 0 Å². The Morgan fingerprint density at radius 3 is 2.73 bits per heavy atom. The molecular weight excluding hydrogens is 332 g/mol. The molecule has 0 bridgehead atoms. The van der Waals surface area contributed by atoms with Crippen LogP contribution in [0.4, 0.5) is 0 Å². The number of hydrogen-bond donors (Lipinski definition) is 1. The zero-order valence-corrected chi connectivity index (χ0v) is 16.3. The lowest BCUT2D eigenvalue weighted by Gasteiger charge is -2.58. The first-order valence-electron chi connectivity index (χ1n) is 9.53. The van der Waals surface area contributed by atoms with Crippen LogP contribution in [-0.4, -0.2) is 30.3 Å². The van der Waals surface area contributed by atoms with Crippen LogP contribution in [0.2, 0.25) is 0 Å². The van der Waals surface area contributed by atoms with Gasteiger partial charge in [-0.05, 0) is 54.8 Å². The van der Waals surface area contributed by atoms with Crippen molar-refractivity contribution >= 4 is 11.8 Å². The summed E-state index contributed by atoms with van der Waals surface area (Å²) in [5.74, 6) is -0.425. The SMILES string of the molecule is C=C1CCC[C@H]2[C@](C)(CC(=O)C3=C(OC)[C@H](O)OC3=O)[C@@H](C)CC[C@]12C. The Labute approximate surface area is 155 Å². The molecule has 0 amide bonds. The highest BCUT2D eigenvalue weighted by Gasteiger charge is 2.55. The van der Waals surface area contributed by atoms with Crippen LogP contribution in [0.1, 0.15) is 59.3 Å². The lowest BCUT2D eigenvalue weighted by atomic mass is 9.46. The molecule has 2 fully saturated rings. The van der Waals surface area contributed by atoms with Gasteiger partial charge in [0.05, 0.1) is 7.11 Å². The van der Waals surface area contributed by atoms with Crippen LogP contribution in [0.25, 0.3) is 0 Å². The van der Waals surface area contributed by atoms with Gasteiger partial charge in [0.25, 0.3) is 6.29 Å². The summed E-state index contributed by atoms with van der Waals surface area (Å²) in [6.45, 7) is 11.0. The number of fused-ring (bicyclic) bond motifs is 1. The summed E-state index contributed by atoms with van der Waals surface area (Å²) in [5, 5.41) is 9.77. The van der Waals surface area contributed by atoms with Gasteiger partial charge in [-0.25, -0.2) is 4.79 Å². The lowest BCUT2D eigenvalue weighted by Crippen LogP contribution is -2.51. The third-order valence-electron chi connectivity index (χ3n) is 7.50. The Hall–Kier alpha value is -1.62. The molecule has 5 nitrogen and oxygen atoms in total. The van der Waals surface area contributed by atoms with Gasteiger partial charge in [0.1, 0.15) is 5.57 Å². The first-order chi connectivity index (χ1) is 12.1. The summed E-state index contributed by atoms with van der Waals surface area (Å²) in [6.07, 6.45) is 4.15. The fourth-order valence-electron chi connectivity index (χ4n) is 5.59. The van der Waals surface area contributed by atoms with Gasteiger partial charge in [-0.3, -0.25) is 4.79 Å². The number of allylic oxidation sites excluding steroid dienone is 1. The zero-order chi connectivity index (χ0) is 19.3. The Morgan fingerprint density at radius 2 is 2.08 bits per heavy atom. The molecule has 1 N–H and O–H groups in total. The topological polar surface area (TPSA) is 72.8 Å². The molecule has 0 saturated heterocycles. The summed E-state index contributed by atoms with van der Waals surface area (Å²) < 4.78 is 9.84. The summed E-state index contributed by atoms with van der Waals surface area (Å²) >= 11 is 0. The second-order valence-electron chi connectivity index (χ2n) is 8.71. The first kappa shape index (κ1) is 19.2. The maximum absolute atomic E-state index is 13.1. The maximum atomic E-state index is 13.1. The molecule has 2 aliphatic carbocycles. The number of rotatable bonds is 4. The minimum absolute atomic E-state index is 0.0496. The summed E-state index contributed by atoms with van der Waals surface area (Å²) in [7, 11) is 1.33. The van der Waals surface area contributed by atoms with Gasteiger partial charge >= 0.3 is 5.97 Å². The van der Waals surface area contributed by atoms with Crippen molar-refractivity contribution in [3.63, 3.8) is 0 Å². The van der Waals surface area contributed by atoms with E-state index in [0.29, 0.717) is 11.8 Å². The third kappa shape index (κ3) is 2.72. The van der Waals surface area contributed by atoms with Crippen molar-refractivity contribution in [1.29, 1.82) is 0 Å². The average Bonchev–Trinajstić information content (AvgIpc) is 2.87. The molecule has 26 heavy (non-hydrogen) atoms. The lowest BCUT2D eigenvalue weighted by molar-refractivity contribution is -0.154. The van der Waals surface area contributed by atoms with Crippen LogP contribution >= 0.6 is 0 Å². The largest absolute Gasteiger partial charge is 0.494 e. The van der Waals surface area contributed by atoms with E-state index in [1.54, 1.807) is 0 Å². The predicted octanol–water partition coefficient (Wildman–Crippen LogP) is 3.52. The Balaban J connectivity index is 1.94. The number of methoxy groups -OCH3 is 1. The molecule has 1 aliphatic heterocycles. The quantitative estimate of drug-likeness (QED) is 0.471. The van der Waals surface area contributed by atoms with Crippen LogP contribution in [0.3, 0.4) is 0 Å². The van der Waals surface area contributed by atoms with Crippen molar-refractivity contribution in [2.24, 2.45) is 22.7 Å². The Morgan fingerprint density at radius 1 is 1.38 bits per heavy atom. The van der Waals surface area contributed by atoms with E-state index in [0.717, 1.165) is 32.1 Å². The molecule has 5 heteroatoms. The fourth-order valence-corrected chi connectivity index (χ4v) is 5.59. The molecule has 2 saturated carbocycles. The van der Waals surface area contributed by atoms with Crippen molar-refractivity contribution in [3.8, 4) is 0 Å². The fraction of sp³-hybridized carbons (Fsp3) is 0.714. The van der Waals surface area contributed by atoms with E-state index in [2.05, 4.69) is 27.4 Å². The van der Waals surface area contributed by atoms with E-state index in [1.807, 2.05) is 0 Å². The highest BCUT2D eigenvalue weighted by atomic mass is 16.7. The molecule has 144 valence electrons. The van der Waals surface area contributed by atoms with Crippen molar-refractivity contribution in [2.45, 2.75) is 65.6 Å². The molecule has 0 aromatic rings. The highest BCUT2D eigenvalue weighted by molar-refractivity contribution is 6.19. The number of cyclic esters (lactones) is 1. The molecule has 0 aromatic carbocycles. The third-order valence-corrected chi connectivity index (χ3v) is 7.50. The smallest absolute Gasteiger partial charge is 0.348 e. The Kier molecular flexibility index (Phi) is 4.80. The number of esters is 1. The van der Waals surface area contributed by atoms with Crippen molar-refractivity contribution in [3.05, 3.63) is 23.5 Å². The standard InChI is InChI=1S/C21H30O5/c1-12-7-6-8-15-20(12,3)10-9-13(2)21(15,4)11-14(22)16-17(25-5)19(24)26-18(16)23/h13,15,19,24H,1,6-11H2,2-5H3/t13-,15+,19+,20+,21+/m0/s1. The zero-order valence-electron chi connectivity index (χ0n) is 16.3. The van der Waals surface area contributed by atoms with Gasteiger partial charge < -0.3 is 14.6 Å². The molecule has 3 aliphatic rings. The first-order valence-corrected chi connectivity index (χ1v) is 9.53. The number of ether oxygens (including phenoxy) is 2. The van der Waals surface area contributed by atoms with Crippen LogP contribution in [-0.2, 0) is 19.1 Å². The minimum atomic E-state index is -1.48. The molecule has 3 rings (SSSR count). The number of Topliss-reactive ketones (excluding diaryl/α,β-unsaturated/α-hetero) is 1. The number of carbonyl (C=O) groups excluding carboxylic acids is 2. The highest BCUT2D eigenvalue weighted by Crippen LogP contribution is 2.62. The Bertz CT molecular complexity index is 678. The number of hydrogen-bond acceptors (Lipinski definition) is 5. The van der Waals surface area contributed by atoms with Crippen molar-refractivity contribution < 1.29 is 24.2 Å². The summed E-state index contributed by atoms with van der Waals surface area (Å²) in [5.41, 5.74) is 0.989. The second kappa shape index (κ2) is 6.52. The van der Waals surface area contributed by atoms with E-state index in [4.69, 9.17) is 9.47 Å². The van der Waals surface area contributed by atoms with E-state index < -0.39 is 12.3 Å². The van der Waals surface area contributed by atoms with Crippen LogP contribution in [0, 0.1) is 22.7 Å². The predicted molar refractivity (Wildman–Crippen MR) is 96.9 cm³/mol. The molecule has 0 radical (unpaired) electrons. The van der Waals surface area contributed by atoms with E-state index >= 15 is 0 Å². The van der Waals surface area contributed by atoms with E-state index in [9.17, 15) is 14.7 Å². The van der Waals surface area contributed by atoms with E-state index in [-0.39, 0.29) is 34.4 Å². The molecule has 0 aromatic heterocycles. The van der Waals surface area contributed by atoms with Gasteiger partial charge in [0.2, 0.25) is 0 Å². The van der Waals surface area contributed by atoms with Crippen LogP contribution in [0.15, 0.2) is 23.5 Å². The molecule has 5 atom stereocenters.